The SMILES string of the molecule is SCCCCCOc1ccc(Br)cc1Br. The molecule has 0 radical (unpaired) electrons. The Morgan fingerprint density at radius 1 is 1.13 bits per heavy atom. The summed E-state index contributed by atoms with van der Waals surface area (Å²) in [5, 5.41) is 0. The first kappa shape index (κ1) is 13.4. The van der Waals surface area contributed by atoms with E-state index in [9.17, 15) is 0 Å². The molecule has 0 N–H and O–H groups in total. The summed E-state index contributed by atoms with van der Waals surface area (Å²) in [6, 6.07) is 5.93. The van der Waals surface area contributed by atoms with Gasteiger partial charge in [-0.05, 0) is 59.1 Å². The summed E-state index contributed by atoms with van der Waals surface area (Å²) < 4.78 is 7.69. The fourth-order valence-electron chi connectivity index (χ4n) is 1.17. The lowest BCUT2D eigenvalue weighted by molar-refractivity contribution is 0.304. The van der Waals surface area contributed by atoms with E-state index in [4.69, 9.17) is 4.74 Å². The van der Waals surface area contributed by atoms with Gasteiger partial charge in [-0.25, -0.2) is 0 Å². The van der Waals surface area contributed by atoms with Crippen LogP contribution in [0.5, 0.6) is 5.75 Å². The van der Waals surface area contributed by atoms with Gasteiger partial charge in [0.15, 0.2) is 0 Å². The summed E-state index contributed by atoms with van der Waals surface area (Å²) in [5.41, 5.74) is 0. The Hall–Kier alpha value is 0.330. The lowest BCUT2D eigenvalue weighted by Crippen LogP contribution is -1.98. The predicted octanol–water partition coefficient (Wildman–Crippen LogP) is 4.69. The highest BCUT2D eigenvalue weighted by Crippen LogP contribution is 2.28. The molecule has 0 aromatic heterocycles. The highest BCUT2D eigenvalue weighted by Gasteiger charge is 2.00. The van der Waals surface area contributed by atoms with Crippen LogP contribution in [0.15, 0.2) is 27.1 Å². The van der Waals surface area contributed by atoms with Gasteiger partial charge in [-0.3, -0.25) is 0 Å². The Balaban J connectivity index is 2.31. The fraction of sp³-hybridized carbons (Fsp3) is 0.455. The van der Waals surface area contributed by atoms with Gasteiger partial charge in [0.05, 0.1) is 11.1 Å². The van der Waals surface area contributed by atoms with Gasteiger partial charge in [0.1, 0.15) is 5.75 Å². The van der Waals surface area contributed by atoms with Crippen molar-refractivity contribution in [3.05, 3.63) is 27.1 Å². The molecule has 0 unspecified atom stereocenters. The molecule has 1 rings (SSSR count). The number of hydrogen-bond donors (Lipinski definition) is 1. The maximum absolute atomic E-state index is 5.65. The van der Waals surface area contributed by atoms with Gasteiger partial charge in [0, 0.05) is 4.47 Å². The van der Waals surface area contributed by atoms with Crippen molar-refractivity contribution in [2.24, 2.45) is 0 Å². The van der Waals surface area contributed by atoms with Crippen molar-refractivity contribution in [2.75, 3.05) is 12.4 Å². The topological polar surface area (TPSA) is 9.23 Å². The van der Waals surface area contributed by atoms with Crippen LogP contribution in [-0.4, -0.2) is 12.4 Å². The fourth-order valence-corrected chi connectivity index (χ4v) is 2.55. The van der Waals surface area contributed by atoms with Crippen LogP contribution >= 0.6 is 44.5 Å². The second-order valence-corrected chi connectivity index (χ2v) is 5.42. The summed E-state index contributed by atoms with van der Waals surface area (Å²) in [7, 11) is 0. The minimum Gasteiger partial charge on any atom is -0.492 e. The van der Waals surface area contributed by atoms with E-state index in [1.165, 1.54) is 6.42 Å². The van der Waals surface area contributed by atoms with Gasteiger partial charge in [-0.15, -0.1) is 0 Å². The minimum absolute atomic E-state index is 0.772. The number of ether oxygens (including phenoxy) is 1. The molecule has 84 valence electrons. The standard InChI is InChI=1S/C11H14Br2OS/c12-9-4-5-11(10(13)8-9)14-6-2-1-3-7-15/h4-5,8,15H,1-3,6-7H2. The number of thiol groups is 1. The third-order valence-corrected chi connectivity index (χ3v) is 3.38. The van der Waals surface area contributed by atoms with E-state index < -0.39 is 0 Å². The van der Waals surface area contributed by atoms with Gasteiger partial charge < -0.3 is 4.74 Å². The minimum atomic E-state index is 0.772. The molecule has 0 aliphatic rings. The normalized spacial score (nSPS) is 10.3. The highest BCUT2D eigenvalue weighted by molar-refractivity contribution is 9.11. The second kappa shape index (κ2) is 7.58. The largest absolute Gasteiger partial charge is 0.492 e. The predicted molar refractivity (Wildman–Crippen MR) is 75.0 cm³/mol. The van der Waals surface area contributed by atoms with Crippen LogP contribution in [0.2, 0.25) is 0 Å². The molecule has 4 heteroatoms. The van der Waals surface area contributed by atoms with Crippen LogP contribution in [0.3, 0.4) is 0 Å². The molecule has 1 aromatic rings. The molecule has 0 saturated heterocycles. The molecule has 0 heterocycles. The number of hydrogen-bond acceptors (Lipinski definition) is 2. The molecule has 0 bridgehead atoms. The van der Waals surface area contributed by atoms with Crippen LogP contribution in [0, 0.1) is 0 Å². The molecule has 0 amide bonds. The Morgan fingerprint density at radius 3 is 2.60 bits per heavy atom. The molecule has 0 saturated carbocycles. The van der Waals surface area contributed by atoms with Gasteiger partial charge in [0.2, 0.25) is 0 Å². The number of benzene rings is 1. The van der Waals surface area contributed by atoms with Crippen molar-refractivity contribution >= 4 is 44.5 Å². The van der Waals surface area contributed by atoms with E-state index in [1.807, 2.05) is 18.2 Å². The maximum atomic E-state index is 5.65. The van der Waals surface area contributed by atoms with Crippen molar-refractivity contribution in [1.29, 1.82) is 0 Å². The zero-order valence-electron chi connectivity index (χ0n) is 8.38. The van der Waals surface area contributed by atoms with E-state index in [-0.39, 0.29) is 0 Å². The second-order valence-electron chi connectivity index (χ2n) is 3.21. The Bertz CT molecular complexity index is 305. The molecule has 0 aliphatic heterocycles. The van der Waals surface area contributed by atoms with E-state index in [1.54, 1.807) is 0 Å². The molecule has 1 nitrogen and oxygen atoms in total. The van der Waals surface area contributed by atoms with Crippen LogP contribution in [0.1, 0.15) is 19.3 Å². The molecule has 0 spiro atoms. The van der Waals surface area contributed by atoms with E-state index in [2.05, 4.69) is 44.5 Å². The lowest BCUT2D eigenvalue weighted by Gasteiger charge is -2.07. The van der Waals surface area contributed by atoms with Crippen molar-refractivity contribution in [1.82, 2.24) is 0 Å². The van der Waals surface area contributed by atoms with Crippen LogP contribution < -0.4 is 4.74 Å². The average Bonchev–Trinajstić information content (AvgIpc) is 2.20. The molecular weight excluding hydrogens is 340 g/mol. The van der Waals surface area contributed by atoms with Gasteiger partial charge in [-0.1, -0.05) is 15.9 Å². The summed E-state index contributed by atoms with van der Waals surface area (Å²) in [4.78, 5) is 0. The summed E-state index contributed by atoms with van der Waals surface area (Å²) in [6.07, 6.45) is 3.43. The molecular formula is C11H14Br2OS. The van der Waals surface area contributed by atoms with Gasteiger partial charge >= 0.3 is 0 Å². The monoisotopic (exact) mass is 352 g/mol. The first-order chi connectivity index (χ1) is 7.24. The number of rotatable bonds is 6. The molecule has 0 aliphatic carbocycles. The Labute approximate surface area is 113 Å². The smallest absolute Gasteiger partial charge is 0.133 e. The third-order valence-electron chi connectivity index (χ3n) is 1.95. The quantitative estimate of drug-likeness (QED) is 0.576. The van der Waals surface area contributed by atoms with Crippen LogP contribution in [0.4, 0.5) is 0 Å². The highest BCUT2D eigenvalue weighted by atomic mass is 79.9. The zero-order valence-corrected chi connectivity index (χ0v) is 12.4. The summed E-state index contributed by atoms with van der Waals surface area (Å²) in [6.45, 7) is 0.772. The Morgan fingerprint density at radius 2 is 1.93 bits per heavy atom. The third kappa shape index (κ3) is 5.27. The van der Waals surface area contributed by atoms with Gasteiger partial charge in [-0.2, -0.15) is 12.6 Å². The summed E-state index contributed by atoms with van der Waals surface area (Å²) >= 11 is 11.0. The Kier molecular flexibility index (Phi) is 6.77. The lowest BCUT2D eigenvalue weighted by atomic mass is 10.3. The maximum Gasteiger partial charge on any atom is 0.133 e. The van der Waals surface area contributed by atoms with Crippen LogP contribution in [0.25, 0.3) is 0 Å². The average molecular weight is 354 g/mol. The van der Waals surface area contributed by atoms with E-state index in [0.29, 0.717) is 0 Å². The van der Waals surface area contributed by atoms with Crippen molar-refractivity contribution in [2.45, 2.75) is 19.3 Å². The van der Waals surface area contributed by atoms with E-state index >= 15 is 0 Å². The number of unbranched alkanes of at least 4 members (excludes halogenated alkanes) is 2. The van der Waals surface area contributed by atoms with Crippen molar-refractivity contribution < 1.29 is 4.74 Å². The number of halogens is 2. The van der Waals surface area contributed by atoms with Crippen molar-refractivity contribution in [3.63, 3.8) is 0 Å². The molecule has 0 atom stereocenters. The van der Waals surface area contributed by atoms with Crippen molar-refractivity contribution in [3.8, 4) is 5.75 Å². The van der Waals surface area contributed by atoms with Crippen LogP contribution in [-0.2, 0) is 0 Å². The summed E-state index contributed by atoms with van der Waals surface area (Å²) in [5.74, 6) is 1.87. The first-order valence-electron chi connectivity index (χ1n) is 4.93. The zero-order chi connectivity index (χ0) is 11.1. The van der Waals surface area contributed by atoms with Gasteiger partial charge in [0.25, 0.3) is 0 Å². The molecule has 0 fully saturated rings. The first-order valence-corrected chi connectivity index (χ1v) is 7.14. The molecule has 15 heavy (non-hydrogen) atoms. The van der Waals surface area contributed by atoms with E-state index in [0.717, 1.165) is 39.9 Å². The molecule has 1 aromatic carbocycles.